The van der Waals surface area contributed by atoms with Crippen molar-refractivity contribution in [1.82, 2.24) is 0 Å². The number of ether oxygens (including phenoxy) is 2. The maximum Gasteiger partial charge on any atom is 0.328 e. The molecule has 1 aliphatic carbocycles. The number of carbonyl (C=O) groups excluding carboxylic acids is 2. The molecule has 0 aromatic heterocycles. The molecule has 234 valence electrons. The molecule has 0 heterocycles. The predicted octanol–water partition coefficient (Wildman–Crippen LogP) is 7.72. The van der Waals surface area contributed by atoms with Gasteiger partial charge in [-0.1, -0.05) is 86.0 Å². The smallest absolute Gasteiger partial charge is 0.328 e. The lowest BCUT2D eigenvalue weighted by molar-refractivity contribution is -0.141. The normalized spacial score (nSPS) is 13.9. The summed E-state index contributed by atoms with van der Waals surface area (Å²) in [6.45, 7) is 1.82. The first-order chi connectivity index (χ1) is 22.0. The van der Waals surface area contributed by atoms with Gasteiger partial charge >= 0.3 is 5.97 Å². The number of nitrogens with zero attached hydrogens (tertiary/aromatic N) is 1. The van der Waals surface area contributed by atoms with Crippen molar-refractivity contribution in [2.75, 3.05) is 37.0 Å². The third-order valence-electron chi connectivity index (χ3n) is 8.41. The lowest BCUT2D eigenvalue weighted by Crippen LogP contribution is -2.34. The van der Waals surface area contributed by atoms with Crippen molar-refractivity contribution >= 4 is 23.1 Å². The molecule has 45 heavy (non-hydrogen) atoms. The van der Waals surface area contributed by atoms with Crippen LogP contribution in [0, 0.1) is 11.7 Å². The van der Waals surface area contributed by atoms with Gasteiger partial charge < -0.3 is 19.7 Å². The van der Waals surface area contributed by atoms with Crippen molar-refractivity contribution in [3.8, 4) is 5.75 Å². The SMILES string of the molecule is COC(=O)C(Cc1ccc(OCCN(CC2CCCCC2)c2ccccc2F)cc1)Nc1ccccc1C(=O)c1ccccc1. The topological polar surface area (TPSA) is 67.9 Å². The van der Waals surface area contributed by atoms with Gasteiger partial charge in [-0.15, -0.1) is 0 Å². The highest BCUT2D eigenvalue weighted by atomic mass is 19.1. The molecule has 4 aromatic carbocycles. The number of para-hydroxylation sites is 2. The Labute approximate surface area is 265 Å². The zero-order chi connectivity index (χ0) is 31.4. The molecule has 0 bridgehead atoms. The molecular weight excluding hydrogens is 567 g/mol. The number of halogens is 1. The number of rotatable bonds is 14. The second-order valence-electron chi connectivity index (χ2n) is 11.6. The van der Waals surface area contributed by atoms with Gasteiger partial charge in [0.2, 0.25) is 0 Å². The minimum absolute atomic E-state index is 0.129. The summed E-state index contributed by atoms with van der Waals surface area (Å²) in [5.74, 6) is 0.502. The first kappa shape index (κ1) is 31.8. The van der Waals surface area contributed by atoms with Crippen LogP contribution in [0.1, 0.15) is 53.6 Å². The molecule has 0 spiro atoms. The molecule has 1 fully saturated rings. The van der Waals surface area contributed by atoms with Crippen LogP contribution in [0.3, 0.4) is 0 Å². The van der Waals surface area contributed by atoms with Gasteiger partial charge in [-0.25, -0.2) is 9.18 Å². The van der Waals surface area contributed by atoms with Crippen LogP contribution in [0.25, 0.3) is 0 Å². The fourth-order valence-electron chi connectivity index (χ4n) is 6.01. The Kier molecular flexibility index (Phi) is 11.2. The van der Waals surface area contributed by atoms with E-state index in [1.807, 2.05) is 60.7 Å². The van der Waals surface area contributed by atoms with Crippen LogP contribution < -0.4 is 15.0 Å². The number of anilines is 2. The molecule has 4 aromatic rings. The van der Waals surface area contributed by atoms with E-state index < -0.39 is 12.0 Å². The Morgan fingerprint density at radius 2 is 1.56 bits per heavy atom. The Balaban J connectivity index is 1.21. The quantitative estimate of drug-likeness (QED) is 0.117. The summed E-state index contributed by atoms with van der Waals surface area (Å²) in [6.07, 6.45) is 6.48. The Hall–Kier alpha value is -4.65. The van der Waals surface area contributed by atoms with E-state index in [4.69, 9.17) is 9.47 Å². The van der Waals surface area contributed by atoms with Crippen LogP contribution in [-0.4, -0.2) is 44.6 Å². The molecule has 6 nitrogen and oxygen atoms in total. The summed E-state index contributed by atoms with van der Waals surface area (Å²) in [5.41, 5.74) is 3.14. The van der Waals surface area contributed by atoms with Crippen LogP contribution in [-0.2, 0) is 16.0 Å². The zero-order valence-corrected chi connectivity index (χ0v) is 25.8. The van der Waals surface area contributed by atoms with Crippen LogP contribution in [0.4, 0.5) is 15.8 Å². The Morgan fingerprint density at radius 1 is 0.867 bits per heavy atom. The number of hydrogen-bond acceptors (Lipinski definition) is 6. The molecule has 1 atom stereocenters. The number of esters is 1. The van der Waals surface area contributed by atoms with Gasteiger partial charge in [-0.05, 0) is 60.7 Å². The molecule has 5 rings (SSSR count). The molecule has 0 amide bonds. The first-order valence-electron chi connectivity index (χ1n) is 15.8. The summed E-state index contributed by atoms with van der Waals surface area (Å²) >= 11 is 0. The van der Waals surface area contributed by atoms with Crippen molar-refractivity contribution in [2.24, 2.45) is 5.92 Å². The van der Waals surface area contributed by atoms with E-state index in [0.29, 0.717) is 53.7 Å². The standard InChI is InChI=1S/C38H41FN2O4/c1-44-38(43)35(40-34-18-10-8-16-32(34)37(42)30-14-6-3-7-15-30)26-28-20-22-31(23-21-28)45-25-24-41(27-29-12-4-2-5-13-29)36-19-11-9-17-33(36)39/h3,6-11,14-23,29,35,40H,2,4-5,12-13,24-27H2,1H3. The number of hydrogen-bond donors (Lipinski definition) is 1. The number of carbonyl (C=O) groups is 2. The van der Waals surface area contributed by atoms with E-state index >= 15 is 0 Å². The summed E-state index contributed by atoms with van der Waals surface area (Å²) in [5, 5.41) is 3.25. The van der Waals surface area contributed by atoms with Gasteiger partial charge in [-0.3, -0.25) is 4.79 Å². The van der Waals surface area contributed by atoms with E-state index in [0.717, 1.165) is 12.1 Å². The second kappa shape index (κ2) is 15.9. The number of nitrogens with one attached hydrogen (secondary N) is 1. The second-order valence-corrected chi connectivity index (χ2v) is 11.6. The predicted molar refractivity (Wildman–Crippen MR) is 177 cm³/mol. The van der Waals surface area contributed by atoms with Crippen molar-refractivity contribution in [2.45, 2.75) is 44.6 Å². The highest BCUT2D eigenvalue weighted by Gasteiger charge is 2.23. The molecule has 0 radical (unpaired) electrons. The molecule has 7 heteroatoms. The van der Waals surface area contributed by atoms with Crippen molar-refractivity contribution in [1.29, 1.82) is 0 Å². The lowest BCUT2D eigenvalue weighted by Gasteiger charge is -2.31. The molecular formula is C38H41FN2O4. The monoisotopic (exact) mass is 608 g/mol. The van der Waals surface area contributed by atoms with Gasteiger partial charge in [0.25, 0.3) is 0 Å². The highest BCUT2D eigenvalue weighted by molar-refractivity contribution is 6.12. The van der Waals surface area contributed by atoms with Crippen LogP contribution in [0.15, 0.2) is 103 Å². The van der Waals surface area contributed by atoms with Gasteiger partial charge in [0, 0.05) is 29.8 Å². The molecule has 0 saturated heterocycles. The highest BCUT2D eigenvalue weighted by Crippen LogP contribution is 2.28. The average Bonchev–Trinajstić information content (AvgIpc) is 3.09. The molecule has 1 N–H and O–H groups in total. The zero-order valence-electron chi connectivity index (χ0n) is 25.8. The summed E-state index contributed by atoms with van der Waals surface area (Å²) in [6, 6.07) is 30.1. The van der Waals surface area contributed by atoms with Crippen molar-refractivity contribution < 1.29 is 23.5 Å². The molecule has 1 unspecified atom stereocenters. The minimum Gasteiger partial charge on any atom is -0.492 e. The van der Waals surface area contributed by atoms with Crippen molar-refractivity contribution in [3.63, 3.8) is 0 Å². The fourth-order valence-corrected chi connectivity index (χ4v) is 6.01. The van der Waals surface area contributed by atoms with Gasteiger partial charge in [0.1, 0.15) is 24.2 Å². The van der Waals surface area contributed by atoms with Gasteiger partial charge in [-0.2, -0.15) is 0 Å². The van der Waals surface area contributed by atoms with Gasteiger partial charge in [0.15, 0.2) is 5.78 Å². The van der Waals surface area contributed by atoms with E-state index in [2.05, 4.69) is 10.2 Å². The average molecular weight is 609 g/mol. The minimum atomic E-state index is -0.708. The molecule has 0 aliphatic heterocycles. The number of benzene rings is 4. The largest absolute Gasteiger partial charge is 0.492 e. The lowest BCUT2D eigenvalue weighted by atomic mass is 9.89. The molecule has 1 saturated carbocycles. The summed E-state index contributed by atoms with van der Waals surface area (Å²) < 4.78 is 25.9. The summed E-state index contributed by atoms with van der Waals surface area (Å²) in [7, 11) is 1.36. The number of methoxy groups -OCH3 is 1. The summed E-state index contributed by atoms with van der Waals surface area (Å²) in [4.78, 5) is 28.1. The maximum atomic E-state index is 14.7. The molecule has 1 aliphatic rings. The Bertz CT molecular complexity index is 1540. The fraction of sp³-hybridized carbons (Fsp3) is 0.316. The van der Waals surface area contributed by atoms with Crippen LogP contribution in [0.2, 0.25) is 0 Å². The van der Waals surface area contributed by atoms with Crippen molar-refractivity contribution in [3.05, 3.63) is 126 Å². The van der Waals surface area contributed by atoms with Crippen LogP contribution >= 0.6 is 0 Å². The third kappa shape index (κ3) is 8.72. The maximum absolute atomic E-state index is 14.7. The first-order valence-corrected chi connectivity index (χ1v) is 15.8. The number of ketones is 1. The van der Waals surface area contributed by atoms with E-state index in [9.17, 15) is 14.0 Å². The van der Waals surface area contributed by atoms with Crippen LogP contribution in [0.5, 0.6) is 5.75 Å². The van der Waals surface area contributed by atoms with E-state index in [1.54, 1.807) is 36.4 Å². The third-order valence-corrected chi connectivity index (χ3v) is 8.41. The van der Waals surface area contributed by atoms with E-state index in [-0.39, 0.29) is 11.6 Å². The Morgan fingerprint density at radius 3 is 2.29 bits per heavy atom. The van der Waals surface area contributed by atoms with E-state index in [1.165, 1.54) is 45.3 Å². The van der Waals surface area contributed by atoms with Gasteiger partial charge in [0.05, 0.1) is 19.3 Å².